The zero-order chi connectivity index (χ0) is 15.7. The zero-order valence-corrected chi connectivity index (χ0v) is 13.4. The van der Waals surface area contributed by atoms with Crippen LogP contribution in [0.1, 0.15) is 31.2 Å². The van der Waals surface area contributed by atoms with E-state index in [0.717, 1.165) is 31.2 Å². The minimum Gasteiger partial charge on any atom is -0.354 e. The molecule has 0 bridgehead atoms. The van der Waals surface area contributed by atoms with Gasteiger partial charge in [0.1, 0.15) is 5.54 Å². The molecule has 3 amide bonds. The van der Waals surface area contributed by atoms with E-state index in [1.165, 1.54) is 0 Å². The number of nitrogens with one attached hydrogen (secondary N) is 2. The van der Waals surface area contributed by atoms with Crippen LogP contribution in [-0.2, 0) is 4.79 Å². The summed E-state index contributed by atoms with van der Waals surface area (Å²) in [4.78, 5) is 26.6. The average Bonchev–Trinajstić information content (AvgIpc) is 2.91. The Morgan fingerprint density at radius 1 is 1.36 bits per heavy atom. The Labute approximate surface area is 135 Å². The lowest BCUT2D eigenvalue weighted by atomic mass is 9.86. The van der Waals surface area contributed by atoms with Gasteiger partial charge in [0.2, 0.25) is 5.91 Å². The van der Waals surface area contributed by atoms with Crippen molar-refractivity contribution in [2.75, 3.05) is 18.4 Å². The van der Waals surface area contributed by atoms with E-state index in [1.54, 1.807) is 11.0 Å². The molecule has 1 atom stereocenters. The van der Waals surface area contributed by atoms with Crippen LogP contribution in [0.2, 0.25) is 5.02 Å². The van der Waals surface area contributed by atoms with E-state index >= 15 is 0 Å². The number of carbonyl (C=O) groups is 2. The summed E-state index contributed by atoms with van der Waals surface area (Å²) in [5, 5.41) is 6.38. The molecule has 1 spiro atoms. The van der Waals surface area contributed by atoms with Gasteiger partial charge in [0.25, 0.3) is 0 Å². The molecule has 2 N–H and O–H groups in total. The van der Waals surface area contributed by atoms with Crippen molar-refractivity contribution in [3.05, 3.63) is 28.8 Å². The van der Waals surface area contributed by atoms with Gasteiger partial charge in [-0.25, -0.2) is 4.79 Å². The summed E-state index contributed by atoms with van der Waals surface area (Å²) in [7, 11) is 0. The van der Waals surface area contributed by atoms with Crippen LogP contribution in [0.15, 0.2) is 18.2 Å². The Morgan fingerprint density at radius 3 is 2.86 bits per heavy atom. The van der Waals surface area contributed by atoms with E-state index in [9.17, 15) is 9.59 Å². The number of aryl methyl sites for hydroxylation is 1. The summed E-state index contributed by atoms with van der Waals surface area (Å²) < 4.78 is 0. The van der Waals surface area contributed by atoms with Crippen LogP contribution in [0.5, 0.6) is 0 Å². The van der Waals surface area contributed by atoms with E-state index in [0.29, 0.717) is 23.8 Å². The van der Waals surface area contributed by atoms with Crippen LogP contribution in [0.3, 0.4) is 0 Å². The van der Waals surface area contributed by atoms with Gasteiger partial charge in [0.15, 0.2) is 0 Å². The second-order valence-electron chi connectivity index (χ2n) is 6.04. The van der Waals surface area contributed by atoms with Crippen LogP contribution in [-0.4, -0.2) is 35.5 Å². The third-order valence-corrected chi connectivity index (χ3v) is 5.04. The highest BCUT2D eigenvalue weighted by molar-refractivity contribution is 6.31. The number of anilines is 1. The number of benzene rings is 1. The van der Waals surface area contributed by atoms with Gasteiger partial charge in [-0.15, -0.1) is 0 Å². The summed E-state index contributed by atoms with van der Waals surface area (Å²) in [6.45, 7) is 3.22. The standard InChI is InChI=1S/C16H20ClN3O2/c1-11-4-5-12(10-13(11)17)19-15(22)20-9-3-7-16(20)6-2-8-18-14(16)21/h4-5,10H,2-3,6-9H2,1H3,(H,18,21)(H,19,22). The number of nitrogens with zero attached hydrogens (tertiary/aromatic N) is 1. The van der Waals surface area contributed by atoms with Crippen LogP contribution >= 0.6 is 11.6 Å². The minimum absolute atomic E-state index is 0.0201. The number of urea groups is 1. The second kappa shape index (κ2) is 5.80. The number of likely N-dealkylation sites (tertiary alicyclic amines) is 1. The SMILES string of the molecule is Cc1ccc(NC(=O)N2CCCC23CCCNC3=O)cc1Cl. The largest absolute Gasteiger partial charge is 0.354 e. The molecule has 0 saturated carbocycles. The molecule has 0 radical (unpaired) electrons. The molecule has 5 nitrogen and oxygen atoms in total. The predicted octanol–water partition coefficient (Wildman–Crippen LogP) is 2.92. The van der Waals surface area contributed by atoms with E-state index < -0.39 is 5.54 Å². The molecular formula is C16H20ClN3O2. The molecule has 2 saturated heterocycles. The fourth-order valence-corrected chi connectivity index (χ4v) is 3.57. The van der Waals surface area contributed by atoms with E-state index in [1.807, 2.05) is 19.1 Å². The van der Waals surface area contributed by atoms with Crippen molar-refractivity contribution in [1.29, 1.82) is 0 Å². The van der Waals surface area contributed by atoms with Gasteiger partial charge in [0, 0.05) is 23.8 Å². The Kier molecular flexibility index (Phi) is 4.00. The first-order chi connectivity index (χ1) is 10.5. The van der Waals surface area contributed by atoms with Crippen molar-refractivity contribution in [2.24, 2.45) is 0 Å². The minimum atomic E-state index is -0.670. The monoisotopic (exact) mass is 321 g/mol. The molecule has 22 heavy (non-hydrogen) atoms. The number of piperidine rings is 1. The Morgan fingerprint density at radius 2 is 2.14 bits per heavy atom. The molecule has 2 aliphatic rings. The lowest BCUT2D eigenvalue weighted by Gasteiger charge is -2.39. The van der Waals surface area contributed by atoms with Crippen molar-refractivity contribution in [3.8, 4) is 0 Å². The smallest absolute Gasteiger partial charge is 0.322 e. The molecule has 0 aliphatic carbocycles. The van der Waals surface area contributed by atoms with E-state index in [4.69, 9.17) is 11.6 Å². The molecule has 1 unspecified atom stereocenters. The average molecular weight is 322 g/mol. The van der Waals surface area contributed by atoms with Crippen molar-refractivity contribution >= 4 is 29.2 Å². The van der Waals surface area contributed by atoms with Crippen molar-refractivity contribution in [2.45, 2.75) is 38.1 Å². The molecule has 1 aromatic carbocycles. The van der Waals surface area contributed by atoms with Gasteiger partial charge in [-0.2, -0.15) is 0 Å². The summed E-state index contributed by atoms with van der Waals surface area (Å²) >= 11 is 6.09. The first-order valence-corrected chi connectivity index (χ1v) is 8.04. The highest BCUT2D eigenvalue weighted by Crippen LogP contribution is 2.36. The first kappa shape index (κ1) is 15.2. The first-order valence-electron chi connectivity index (χ1n) is 7.66. The molecule has 3 rings (SSSR count). The number of halogens is 1. The summed E-state index contributed by atoms with van der Waals surface area (Å²) in [5.41, 5.74) is 0.944. The number of amides is 3. The molecular weight excluding hydrogens is 302 g/mol. The highest BCUT2D eigenvalue weighted by Gasteiger charge is 2.50. The molecule has 118 valence electrons. The van der Waals surface area contributed by atoms with Crippen molar-refractivity contribution in [3.63, 3.8) is 0 Å². The topological polar surface area (TPSA) is 61.4 Å². The molecule has 2 aliphatic heterocycles. The highest BCUT2D eigenvalue weighted by atomic mass is 35.5. The van der Waals surface area contributed by atoms with Gasteiger partial charge in [-0.05, 0) is 50.3 Å². The van der Waals surface area contributed by atoms with Gasteiger partial charge in [0.05, 0.1) is 0 Å². The third-order valence-electron chi connectivity index (χ3n) is 4.63. The Hall–Kier alpha value is -1.75. The normalized spacial score (nSPS) is 24.5. The fraction of sp³-hybridized carbons (Fsp3) is 0.500. The number of hydrogen-bond donors (Lipinski definition) is 2. The number of rotatable bonds is 1. The number of carbonyl (C=O) groups excluding carboxylic acids is 2. The maximum atomic E-state index is 12.6. The summed E-state index contributed by atoms with van der Waals surface area (Å²) in [6.07, 6.45) is 3.24. The van der Waals surface area contributed by atoms with Crippen LogP contribution in [0.25, 0.3) is 0 Å². The molecule has 2 fully saturated rings. The van der Waals surface area contributed by atoms with E-state index in [2.05, 4.69) is 10.6 Å². The molecule has 2 heterocycles. The van der Waals surface area contributed by atoms with Gasteiger partial charge in [-0.1, -0.05) is 17.7 Å². The van der Waals surface area contributed by atoms with Gasteiger partial charge >= 0.3 is 6.03 Å². The van der Waals surface area contributed by atoms with Gasteiger partial charge < -0.3 is 15.5 Å². The zero-order valence-electron chi connectivity index (χ0n) is 12.6. The summed E-state index contributed by atoms with van der Waals surface area (Å²) in [5.74, 6) is -0.0201. The summed E-state index contributed by atoms with van der Waals surface area (Å²) in [6, 6.07) is 5.20. The molecule has 6 heteroatoms. The molecule has 1 aromatic rings. The Balaban J connectivity index is 1.78. The third kappa shape index (κ3) is 2.54. The van der Waals surface area contributed by atoms with Crippen LogP contribution in [0, 0.1) is 6.92 Å². The fourth-order valence-electron chi connectivity index (χ4n) is 3.39. The van der Waals surface area contributed by atoms with Crippen LogP contribution < -0.4 is 10.6 Å². The second-order valence-corrected chi connectivity index (χ2v) is 6.45. The number of hydrogen-bond acceptors (Lipinski definition) is 2. The van der Waals surface area contributed by atoms with Crippen molar-refractivity contribution in [1.82, 2.24) is 10.2 Å². The Bertz CT molecular complexity index is 619. The maximum absolute atomic E-state index is 12.6. The lowest BCUT2D eigenvalue weighted by molar-refractivity contribution is -0.132. The predicted molar refractivity (Wildman–Crippen MR) is 86.1 cm³/mol. The quantitative estimate of drug-likeness (QED) is 0.835. The molecule has 0 aromatic heterocycles. The van der Waals surface area contributed by atoms with E-state index in [-0.39, 0.29) is 11.9 Å². The van der Waals surface area contributed by atoms with Crippen molar-refractivity contribution < 1.29 is 9.59 Å². The van der Waals surface area contributed by atoms with Gasteiger partial charge in [-0.3, -0.25) is 4.79 Å². The maximum Gasteiger partial charge on any atom is 0.322 e. The lowest BCUT2D eigenvalue weighted by Crippen LogP contribution is -2.60. The van der Waals surface area contributed by atoms with Crippen LogP contribution in [0.4, 0.5) is 10.5 Å².